The topological polar surface area (TPSA) is 71.9 Å². The second-order valence-corrected chi connectivity index (χ2v) is 6.87. The van der Waals surface area contributed by atoms with Crippen LogP contribution in [0.3, 0.4) is 0 Å². The molecule has 0 spiro atoms. The number of nitrogens with zero attached hydrogens (tertiary/aromatic N) is 1. The number of nitrogens with two attached hydrogens (primary N) is 1. The summed E-state index contributed by atoms with van der Waals surface area (Å²) in [6.45, 7) is 0.229. The smallest absolute Gasteiger partial charge is 0.252 e. The molecule has 26 heavy (non-hydrogen) atoms. The largest absolute Gasteiger partial charge is 0.365 e. The highest BCUT2D eigenvalue weighted by atomic mass is 35.5. The summed E-state index contributed by atoms with van der Waals surface area (Å²) in [5.74, 6) is -0.713. The lowest BCUT2D eigenvalue weighted by Crippen LogP contribution is -2.29. The zero-order chi connectivity index (χ0) is 18.8. The van der Waals surface area contributed by atoms with E-state index in [1.807, 2.05) is 42.5 Å². The summed E-state index contributed by atoms with van der Waals surface area (Å²) in [6, 6.07) is 14.8. The Kier molecular flexibility index (Phi) is 5.37. The maximum absolute atomic E-state index is 11.5. The second kappa shape index (κ2) is 7.54. The molecule has 0 radical (unpaired) electrons. The van der Waals surface area contributed by atoms with Gasteiger partial charge in [-0.25, -0.2) is 0 Å². The van der Waals surface area contributed by atoms with Gasteiger partial charge in [-0.15, -0.1) is 0 Å². The molecule has 132 valence electrons. The van der Waals surface area contributed by atoms with Crippen molar-refractivity contribution in [3.8, 4) is 11.1 Å². The molecule has 1 amide bonds. The van der Waals surface area contributed by atoms with Gasteiger partial charge in [-0.3, -0.25) is 10.2 Å². The first-order chi connectivity index (χ1) is 12.4. The number of pyridine rings is 1. The van der Waals surface area contributed by atoms with E-state index in [1.54, 1.807) is 6.20 Å². The second-order valence-electron chi connectivity index (χ2n) is 5.68. The monoisotopic (exact) mass is 405 g/mol. The molecule has 0 saturated heterocycles. The lowest BCUT2D eigenvalue weighted by Gasteiger charge is -2.14. The molecule has 0 aliphatic carbocycles. The van der Waals surface area contributed by atoms with Crippen molar-refractivity contribution in [2.24, 2.45) is 5.73 Å². The van der Waals surface area contributed by atoms with Crippen molar-refractivity contribution in [1.82, 2.24) is 4.57 Å². The highest BCUT2D eigenvalue weighted by Gasteiger charge is 2.14. The van der Waals surface area contributed by atoms with Gasteiger partial charge in [0.1, 0.15) is 5.49 Å². The molecule has 3 rings (SSSR count). The van der Waals surface area contributed by atoms with Crippen LogP contribution in [0.15, 0.2) is 54.7 Å². The number of amides is 1. The van der Waals surface area contributed by atoms with E-state index in [4.69, 9.17) is 45.9 Å². The average molecular weight is 407 g/mol. The highest BCUT2D eigenvalue weighted by molar-refractivity contribution is 6.44. The molecular formula is C19H14Cl3N3O. The first kappa shape index (κ1) is 18.5. The molecule has 0 atom stereocenters. The van der Waals surface area contributed by atoms with Crippen LogP contribution in [0, 0.1) is 5.41 Å². The molecule has 0 aliphatic heterocycles. The molecular weight excluding hydrogens is 393 g/mol. The molecule has 1 aromatic heterocycles. The molecule has 3 N–H and O–H groups in total. The van der Waals surface area contributed by atoms with E-state index in [-0.39, 0.29) is 17.6 Å². The lowest BCUT2D eigenvalue weighted by atomic mass is 10.0. The van der Waals surface area contributed by atoms with Gasteiger partial charge in [0.25, 0.3) is 5.91 Å². The summed E-state index contributed by atoms with van der Waals surface area (Å²) in [5, 5.41) is 9.27. The van der Waals surface area contributed by atoms with Crippen molar-refractivity contribution >= 4 is 40.7 Å². The molecule has 0 saturated carbocycles. The first-order valence-electron chi connectivity index (χ1n) is 7.65. The number of benzene rings is 2. The Morgan fingerprint density at radius 1 is 1.04 bits per heavy atom. The van der Waals surface area contributed by atoms with E-state index in [9.17, 15) is 4.79 Å². The lowest BCUT2D eigenvalue weighted by molar-refractivity contribution is 0.0998. The van der Waals surface area contributed by atoms with Crippen molar-refractivity contribution in [3.63, 3.8) is 0 Å². The summed E-state index contributed by atoms with van der Waals surface area (Å²) in [4.78, 5) is 11.5. The number of rotatable bonds is 4. The van der Waals surface area contributed by atoms with Crippen LogP contribution < -0.4 is 11.2 Å². The maximum atomic E-state index is 11.5. The number of halogens is 3. The Balaban J connectivity index is 2.04. The first-order valence-corrected chi connectivity index (χ1v) is 8.78. The Bertz CT molecular complexity index is 1050. The third-order valence-electron chi connectivity index (χ3n) is 3.96. The van der Waals surface area contributed by atoms with Gasteiger partial charge in [0.2, 0.25) is 0 Å². The normalized spacial score (nSPS) is 10.7. The van der Waals surface area contributed by atoms with E-state index in [2.05, 4.69) is 0 Å². The minimum Gasteiger partial charge on any atom is -0.365 e. The summed E-state index contributed by atoms with van der Waals surface area (Å²) in [5.41, 5.74) is 7.79. The van der Waals surface area contributed by atoms with Gasteiger partial charge in [0.15, 0.2) is 0 Å². The molecule has 0 bridgehead atoms. The van der Waals surface area contributed by atoms with Crippen LogP contribution >= 0.6 is 34.8 Å². The van der Waals surface area contributed by atoms with E-state index < -0.39 is 5.91 Å². The average Bonchev–Trinajstić information content (AvgIpc) is 2.62. The molecule has 7 heteroatoms. The summed E-state index contributed by atoms with van der Waals surface area (Å²) < 4.78 is 1.50. The van der Waals surface area contributed by atoms with Gasteiger partial charge in [-0.05, 0) is 17.2 Å². The minimum atomic E-state index is -0.713. The zero-order valence-electron chi connectivity index (χ0n) is 13.5. The Morgan fingerprint density at radius 3 is 2.38 bits per heavy atom. The van der Waals surface area contributed by atoms with Crippen molar-refractivity contribution in [3.05, 3.63) is 86.4 Å². The number of hydrogen-bond donors (Lipinski definition) is 2. The molecule has 1 heterocycles. The predicted octanol–water partition coefficient (Wildman–Crippen LogP) is 4.74. The molecule has 0 unspecified atom stereocenters. The maximum Gasteiger partial charge on any atom is 0.252 e. The van der Waals surface area contributed by atoms with Crippen LogP contribution in [0.1, 0.15) is 15.9 Å². The molecule has 4 nitrogen and oxygen atoms in total. The fourth-order valence-corrected chi connectivity index (χ4v) is 3.40. The minimum absolute atomic E-state index is 0.0405. The predicted molar refractivity (Wildman–Crippen MR) is 105 cm³/mol. The Labute approximate surface area is 165 Å². The number of primary amides is 1. The van der Waals surface area contributed by atoms with Gasteiger partial charge >= 0.3 is 0 Å². The Hall–Kier alpha value is -2.27. The van der Waals surface area contributed by atoms with Crippen molar-refractivity contribution in [1.29, 1.82) is 5.41 Å². The third kappa shape index (κ3) is 3.63. The van der Waals surface area contributed by atoms with Crippen LogP contribution in [-0.2, 0) is 6.54 Å². The van der Waals surface area contributed by atoms with Gasteiger partial charge in [-0.1, -0.05) is 77.3 Å². The number of carbonyl (C=O) groups is 1. The quantitative estimate of drug-likeness (QED) is 0.645. The van der Waals surface area contributed by atoms with Gasteiger partial charge < -0.3 is 10.3 Å². The van der Waals surface area contributed by atoms with Gasteiger partial charge in [-0.2, -0.15) is 0 Å². The van der Waals surface area contributed by atoms with Crippen LogP contribution in [0.5, 0.6) is 0 Å². The van der Waals surface area contributed by atoms with Crippen molar-refractivity contribution in [2.75, 3.05) is 0 Å². The van der Waals surface area contributed by atoms with Gasteiger partial charge in [0, 0.05) is 11.8 Å². The van der Waals surface area contributed by atoms with Crippen molar-refractivity contribution < 1.29 is 4.79 Å². The molecule has 0 fully saturated rings. The van der Waals surface area contributed by atoms with Crippen LogP contribution in [0.4, 0.5) is 0 Å². The molecule has 3 aromatic rings. The Morgan fingerprint density at radius 2 is 1.73 bits per heavy atom. The number of nitrogens with one attached hydrogen (secondary N) is 1. The van der Waals surface area contributed by atoms with Crippen molar-refractivity contribution in [2.45, 2.75) is 6.54 Å². The van der Waals surface area contributed by atoms with E-state index in [0.29, 0.717) is 20.6 Å². The molecule has 0 aliphatic rings. The number of carbonyl (C=O) groups excluding carboxylic acids is 1. The van der Waals surface area contributed by atoms with E-state index in [0.717, 1.165) is 11.1 Å². The number of aromatic nitrogens is 1. The summed E-state index contributed by atoms with van der Waals surface area (Å²) in [6.07, 6.45) is 1.55. The van der Waals surface area contributed by atoms with E-state index >= 15 is 0 Å². The van der Waals surface area contributed by atoms with Crippen LogP contribution in [0.2, 0.25) is 15.1 Å². The molecule has 2 aromatic carbocycles. The van der Waals surface area contributed by atoms with Crippen LogP contribution in [-0.4, -0.2) is 10.5 Å². The summed E-state index contributed by atoms with van der Waals surface area (Å²) in [7, 11) is 0. The SMILES string of the molecule is N=c1c(C(N)=O)cc(Cl)cn1Cc1ccc(-c2ccccc2)c(Cl)c1Cl. The zero-order valence-corrected chi connectivity index (χ0v) is 15.7. The number of hydrogen-bond acceptors (Lipinski definition) is 2. The van der Waals surface area contributed by atoms with Gasteiger partial charge in [0.05, 0.1) is 27.2 Å². The van der Waals surface area contributed by atoms with E-state index in [1.165, 1.54) is 10.6 Å². The standard InChI is InChI=1S/C19H14Cl3N3O/c20-13-8-15(19(24)26)18(23)25(10-13)9-12-6-7-14(17(22)16(12)21)11-4-2-1-3-5-11/h1-8,10,23H,9H2,(H2,24,26). The van der Waals surface area contributed by atoms with Crippen LogP contribution in [0.25, 0.3) is 11.1 Å². The fraction of sp³-hybridized carbons (Fsp3) is 0.0526. The third-order valence-corrected chi connectivity index (χ3v) is 5.08. The summed E-state index contributed by atoms with van der Waals surface area (Å²) >= 11 is 19.0. The highest BCUT2D eigenvalue weighted by Crippen LogP contribution is 2.36. The fourth-order valence-electron chi connectivity index (χ4n) is 2.66.